The van der Waals surface area contributed by atoms with Crippen LogP contribution in [0.3, 0.4) is 0 Å². The van der Waals surface area contributed by atoms with Gasteiger partial charge in [-0.2, -0.15) is 0 Å². The summed E-state index contributed by atoms with van der Waals surface area (Å²) in [6.45, 7) is 10.1. The Morgan fingerprint density at radius 3 is 2.38 bits per heavy atom. The van der Waals surface area contributed by atoms with Gasteiger partial charge in [0.25, 0.3) is 5.91 Å². The van der Waals surface area contributed by atoms with Gasteiger partial charge >= 0.3 is 0 Å². The molecule has 1 unspecified atom stereocenters. The van der Waals surface area contributed by atoms with Crippen molar-refractivity contribution in [1.29, 1.82) is 0 Å². The molecule has 1 atom stereocenters. The molecule has 4 rings (SSSR count). The summed E-state index contributed by atoms with van der Waals surface area (Å²) in [6.07, 6.45) is 6.08. The van der Waals surface area contributed by atoms with E-state index >= 15 is 0 Å². The van der Waals surface area contributed by atoms with Crippen LogP contribution >= 0.6 is 0 Å². The average molecular weight is 537 g/mol. The number of likely N-dealkylation sites (N-methyl/N-ethyl adjacent to an activating group) is 1. The maximum atomic E-state index is 13.2. The molecule has 1 aromatic heterocycles. The van der Waals surface area contributed by atoms with E-state index < -0.39 is 6.04 Å². The van der Waals surface area contributed by atoms with Gasteiger partial charge < -0.3 is 30.1 Å². The zero-order valence-corrected chi connectivity index (χ0v) is 23.9. The van der Waals surface area contributed by atoms with Gasteiger partial charge in [-0.1, -0.05) is 19.8 Å². The van der Waals surface area contributed by atoms with Crippen molar-refractivity contribution >= 4 is 23.2 Å². The number of rotatable bonds is 10. The minimum atomic E-state index is -0.635. The first kappa shape index (κ1) is 28.8. The molecule has 2 amide bonds. The summed E-state index contributed by atoms with van der Waals surface area (Å²) in [7, 11) is 4.26. The van der Waals surface area contributed by atoms with Crippen LogP contribution in [0.4, 0.5) is 11.4 Å². The molecule has 2 fully saturated rings. The van der Waals surface area contributed by atoms with Crippen LogP contribution in [0.15, 0.2) is 36.5 Å². The summed E-state index contributed by atoms with van der Waals surface area (Å²) >= 11 is 0. The lowest BCUT2D eigenvalue weighted by molar-refractivity contribution is -0.118. The summed E-state index contributed by atoms with van der Waals surface area (Å²) in [4.78, 5) is 37.8. The first-order valence-electron chi connectivity index (χ1n) is 14.3. The summed E-state index contributed by atoms with van der Waals surface area (Å²) < 4.78 is 6.02. The molecule has 39 heavy (non-hydrogen) atoms. The molecule has 0 aliphatic carbocycles. The predicted octanol–water partition coefficient (Wildman–Crippen LogP) is 3.54. The van der Waals surface area contributed by atoms with E-state index in [9.17, 15) is 9.59 Å². The third-order valence-corrected chi connectivity index (χ3v) is 7.75. The van der Waals surface area contributed by atoms with E-state index in [2.05, 4.69) is 57.4 Å². The molecule has 212 valence electrons. The van der Waals surface area contributed by atoms with Gasteiger partial charge in [0, 0.05) is 56.6 Å². The van der Waals surface area contributed by atoms with Gasteiger partial charge in [-0.05, 0) is 70.1 Å². The number of unbranched alkanes of at least 4 members (excludes halogenated alkanes) is 1. The summed E-state index contributed by atoms with van der Waals surface area (Å²) in [5.74, 6) is 0.0943. The van der Waals surface area contributed by atoms with Crippen LogP contribution in [-0.4, -0.2) is 92.1 Å². The van der Waals surface area contributed by atoms with Crippen LogP contribution in [0.2, 0.25) is 0 Å². The van der Waals surface area contributed by atoms with Crippen molar-refractivity contribution in [2.24, 2.45) is 0 Å². The van der Waals surface area contributed by atoms with E-state index in [1.54, 1.807) is 18.3 Å². The zero-order valence-electron chi connectivity index (χ0n) is 23.9. The highest BCUT2D eigenvalue weighted by Crippen LogP contribution is 2.22. The first-order chi connectivity index (χ1) is 18.8. The third kappa shape index (κ3) is 8.16. The van der Waals surface area contributed by atoms with Gasteiger partial charge in [0.15, 0.2) is 0 Å². The number of hydrogen-bond donors (Lipinski definition) is 2. The van der Waals surface area contributed by atoms with E-state index in [0.29, 0.717) is 23.6 Å². The number of nitrogens with zero attached hydrogens (tertiary/aromatic N) is 4. The number of piperidine rings is 1. The Balaban J connectivity index is 1.35. The normalized spacial score (nSPS) is 18.0. The molecule has 2 saturated heterocycles. The summed E-state index contributed by atoms with van der Waals surface area (Å²) in [5, 5.41) is 5.91. The number of carbonyl (C=O) groups excluding carboxylic acids is 2. The second-order valence-corrected chi connectivity index (χ2v) is 11.0. The van der Waals surface area contributed by atoms with Crippen LogP contribution in [0.1, 0.15) is 54.9 Å². The van der Waals surface area contributed by atoms with Crippen molar-refractivity contribution in [2.75, 3.05) is 63.6 Å². The molecule has 9 nitrogen and oxygen atoms in total. The van der Waals surface area contributed by atoms with Crippen LogP contribution < -0.4 is 20.3 Å². The molecule has 0 saturated carbocycles. The average Bonchev–Trinajstić information content (AvgIpc) is 2.93. The van der Waals surface area contributed by atoms with Crippen molar-refractivity contribution in [2.45, 2.75) is 58.1 Å². The van der Waals surface area contributed by atoms with Gasteiger partial charge in [0.1, 0.15) is 12.1 Å². The fourth-order valence-electron chi connectivity index (χ4n) is 5.10. The number of anilines is 2. The topological polar surface area (TPSA) is 90.0 Å². The van der Waals surface area contributed by atoms with Crippen molar-refractivity contribution in [1.82, 2.24) is 20.1 Å². The quantitative estimate of drug-likeness (QED) is 0.480. The molecule has 2 aliphatic rings. The van der Waals surface area contributed by atoms with Crippen molar-refractivity contribution in [3.63, 3.8) is 0 Å². The Labute approximate surface area is 232 Å². The maximum absolute atomic E-state index is 13.2. The third-order valence-electron chi connectivity index (χ3n) is 7.75. The fraction of sp³-hybridized carbons (Fsp3) is 0.567. The number of benzene rings is 1. The molecule has 9 heteroatoms. The van der Waals surface area contributed by atoms with E-state index in [1.165, 1.54) is 0 Å². The molecular formula is C30H44N6O3. The predicted molar refractivity (Wildman–Crippen MR) is 156 cm³/mol. The SMILES string of the molecule is CCCCC(NC(=O)c1ccc(N2CCN(C)CC2)cc1C)C(=O)Nc1ccc(OC2CCN(C)CC2)nc1. The number of piperazine rings is 1. The van der Waals surface area contributed by atoms with Crippen LogP contribution in [0, 0.1) is 6.92 Å². The van der Waals surface area contributed by atoms with Gasteiger partial charge in [-0.25, -0.2) is 4.98 Å². The Bertz CT molecular complexity index is 1090. The smallest absolute Gasteiger partial charge is 0.252 e. The van der Waals surface area contributed by atoms with Crippen molar-refractivity contribution < 1.29 is 14.3 Å². The number of pyridine rings is 1. The maximum Gasteiger partial charge on any atom is 0.252 e. The molecule has 2 aliphatic heterocycles. The Morgan fingerprint density at radius 2 is 1.74 bits per heavy atom. The highest BCUT2D eigenvalue weighted by atomic mass is 16.5. The van der Waals surface area contributed by atoms with E-state index in [4.69, 9.17) is 4.74 Å². The molecule has 2 N–H and O–H groups in total. The second kappa shape index (κ2) is 13.8. The first-order valence-corrected chi connectivity index (χ1v) is 14.3. The van der Waals surface area contributed by atoms with E-state index in [0.717, 1.165) is 76.2 Å². The van der Waals surface area contributed by atoms with Gasteiger partial charge in [-0.15, -0.1) is 0 Å². The number of hydrogen-bond acceptors (Lipinski definition) is 7. The number of likely N-dealkylation sites (tertiary alicyclic amines) is 1. The van der Waals surface area contributed by atoms with Crippen LogP contribution in [0.25, 0.3) is 0 Å². The summed E-state index contributed by atoms with van der Waals surface area (Å²) in [5.41, 5.74) is 3.22. The molecule has 1 aromatic carbocycles. The number of nitrogens with one attached hydrogen (secondary N) is 2. The highest BCUT2D eigenvalue weighted by Gasteiger charge is 2.23. The van der Waals surface area contributed by atoms with Crippen molar-refractivity contribution in [3.05, 3.63) is 47.7 Å². The molecular weight excluding hydrogens is 492 g/mol. The van der Waals surface area contributed by atoms with Crippen molar-refractivity contribution in [3.8, 4) is 5.88 Å². The van der Waals surface area contributed by atoms with Crippen LogP contribution in [0.5, 0.6) is 5.88 Å². The number of aryl methyl sites for hydroxylation is 1. The number of amides is 2. The molecule has 0 spiro atoms. The lowest BCUT2D eigenvalue weighted by Gasteiger charge is -2.34. The number of aromatic nitrogens is 1. The standard InChI is InChI=1S/C30H44N6O3/c1-5-6-7-27(30(38)32-23-8-11-28(31-21-23)39-25-12-14-34(3)15-13-25)33-29(37)26-10-9-24(20-22(26)2)36-18-16-35(4)17-19-36/h8-11,20-21,25,27H,5-7,12-19H2,1-4H3,(H,32,38)(H,33,37). The lowest BCUT2D eigenvalue weighted by atomic mass is 10.0. The molecule has 0 radical (unpaired) electrons. The lowest BCUT2D eigenvalue weighted by Crippen LogP contribution is -2.45. The molecule has 3 heterocycles. The highest BCUT2D eigenvalue weighted by molar-refractivity contribution is 6.02. The van der Waals surface area contributed by atoms with Gasteiger partial charge in [0.2, 0.25) is 11.8 Å². The van der Waals surface area contributed by atoms with E-state index in [-0.39, 0.29) is 17.9 Å². The Morgan fingerprint density at radius 1 is 1.03 bits per heavy atom. The fourth-order valence-corrected chi connectivity index (χ4v) is 5.10. The summed E-state index contributed by atoms with van der Waals surface area (Å²) in [6, 6.07) is 8.91. The Kier molecular flexibility index (Phi) is 10.2. The van der Waals surface area contributed by atoms with Gasteiger partial charge in [0.05, 0.1) is 11.9 Å². The second-order valence-electron chi connectivity index (χ2n) is 11.0. The molecule has 0 bridgehead atoms. The monoisotopic (exact) mass is 536 g/mol. The largest absolute Gasteiger partial charge is 0.474 e. The minimum absolute atomic E-state index is 0.168. The molecule has 2 aromatic rings. The number of ether oxygens (including phenoxy) is 1. The zero-order chi connectivity index (χ0) is 27.8. The Hall–Kier alpha value is -3.17. The van der Waals surface area contributed by atoms with Gasteiger partial charge in [-0.3, -0.25) is 9.59 Å². The van der Waals surface area contributed by atoms with E-state index in [1.807, 2.05) is 19.1 Å². The number of carbonyl (C=O) groups is 2. The van der Waals surface area contributed by atoms with Crippen LogP contribution in [-0.2, 0) is 4.79 Å². The minimum Gasteiger partial charge on any atom is -0.474 e.